The van der Waals surface area contributed by atoms with Crippen LogP contribution in [0, 0.1) is 11.8 Å². The zero-order valence-electron chi connectivity index (χ0n) is 19.3. The predicted octanol–water partition coefficient (Wildman–Crippen LogP) is 7.19. The molecule has 0 radical (unpaired) electrons. The fraction of sp³-hybridized carbons (Fsp3) is 0.920. The molecule has 0 spiro atoms. The standard InChI is InChI=1S/C25H48O4.K.H/c1-3-5-7-9-11-13-15-17-19-22(21-23(24(26)27)25(28)29)20-18-16-14-12-10-8-6-4-2;;/h22-23H,3-21H2,1-2H3,(H,26,27)(H,28,29);;. The van der Waals surface area contributed by atoms with Crippen molar-refractivity contribution in [1.82, 2.24) is 0 Å². The molecule has 30 heavy (non-hydrogen) atoms. The third-order valence-corrected chi connectivity index (χ3v) is 6.10. The number of hydrogen-bond acceptors (Lipinski definition) is 2. The minimum atomic E-state index is -1.25. The molecule has 0 aliphatic heterocycles. The Labute approximate surface area is 228 Å². The van der Waals surface area contributed by atoms with Gasteiger partial charge in [0.05, 0.1) is 0 Å². The summed E-state index contributed by atoms with van der Waals surface area (Å²) in [5.74, 6) is -3.39. The van der Waals surface area contributed by atoms with Crippen LogP contribution < -0.4 is 0 Å². The Morgan fingerprint density at radius 2 is 0.867 bits per heavy atom. The van der Waals surface area contributed by atoms with Crippen LogP contribution in [0.5, 0.6) is 0 Å². The maximum absolute atomic E-state index is 11.3. The van der Waals surface area contributed by atoms with Gasteiger partial charge >= 0.3 is 63.3 Å². The van der Waals surface area contributed by atoms with Gasteiger partial charge in [0.15, 0.2) is 5.92 Å². The molecule has 2 N–H and O–H groups in total. The second-order valence-electron chi connectivity index (χ2n) is 8.86. The van der Waals surface area contributed by atoms with Crippen molar-refractivity contribution in [2.45, 2.75) is 136 Å². The van der Waals surface area contributed by atoms with Crippen LogP contribution >= 0.6 is 0 Å². The second-order valence-corrected chi connectivity index (χ2v) is 8.86. The molecule has 0 aromatic rings. The molecular weight excluding hydrogens is 403 g/mol. The van der Waals surface area contributed by atoms with Crippen molar-refractivity contribution in [1.29, 1.82) is 0 Å². The molecule has 0 rings (SSSR count). The summed E-state index contributed by atoms with van der Waals surface area (Å²) < 4.78 is 0. The van der Waals surface area contributed by atoms with Crippen molar-refractivity contribution in [3.63, 3.8) is 0 Å². The first-order chi connectivity index (χ1) is 14.0. The Bertz CT molecular complexity index is 367. The van der Waals surface area contributed by atoms with Crippen LogP contribution in [-0.4, -0.2) is 73.5 Å². The van der Waals surface area contributed by atoms with Gasteiger partial charge in [0.1, 0.15) is 0 Å². The molecule has 0 aliphatic rings. The molecule has 0 saturated heterocycles. The number of aliphatic carboxylic acids is 2. The molecule has 0 unspecified atom stereocenters. The fourth-order valence-corrected chi connectivity index (χ4v) is 4.15. The topological polar surface area (TPSA) is 74.6 Å². The van der Waals surface area contributed by atoms with Crippen molar-refractivity contribution in [2.24, 2.45) is 11.8 Å². The summed E-state index contributed by atoms with van der Waals surface area (Å²) in [5, 5.41) is 18.5. The molecule has 0 heterocycles. The van der Waals surface area contributed by atoms with Gasteiger partial charge < -0.3 is 10.2 Å². The van der Waals surface area contributed by atoms with E-state index in [1.807, 2.05) is 0 Å². The van der Waals surface area contributed by atoms with E-state index in [2.05, 4.69) is 13.8 Å². The molecule has 4 nitrogen and oxygen atoms in total. The molecule has 0 bridgehead atoms. The number of carbonyl (C=O) groups is 2. The van der Waals surface area contributed by atoms with Gasteiger partial charge in [-0.05, 0) is 12.3 Å². The van der Waals surface area contributed by atoms with Gasteiger partial charge in [-0.15, -0.1) is 0 Å². The van der Waals surface area contributed by atoms with E-state index in [1.165, 1.54) is 89.9 Å². The number of rotatable bonds is 22. The summed E-state index contributed by atoms with van der Waals surface area (Å²) in [7, 11) is 0. The Hall–Kier alpha value is 0.576. The van der Waals surface area contributed by atoms with E-state index < -0.39 is 17.9 Å². The first-order valence-electron chi connectivity index (χ1n) is 12.5. The quantitative estimate of drug-likeness (QED) is 0.103. The van der Waals surface area contributed by atoms with Gasteiger partial charge in [-0.1, -0.05) is 129 Å². The molecule has 0 atom stereocenters. The molecule has 5 heteroatoms. The minimum absolute atomic E-state index is 0. The SMILES string of the molecule is CCCCCCCCCCC(CCCCCCCCCC)CC(C(=O)O)C(=O)O.[KH]. The number of unbranched alkanes of at least 4 members (excludes halogenated alkanes) is 14. The third kappa shape index (κ3) is 20.5. The van der Waals surface area contributed by atoms with E-state index in [0.29, 0.717) is 0 Å². The van der Waals surface area contributed by atoms with E-state index in [1.54, 1.807) is 0 Å². The third-order valence-electron chi connectivity index (χ3n) is 6.10. The number of hydrogen-bond donors (Lipinski definition) is 2. The van der Waals surface area contributed by atoms with Crippen molar-refractivity contribution in [3.05, 3.63) is 0 Å². The Morgan fingerprint density at radius 3 is 1.17 bits per heavy atom. The molecule has 0 saturated carbocycles. The summed E-state index contributed by atoms with van der Waals surface area (Å²) in [4.78, 5) is 22.6. The summed E-state index contributed by atoms with van der Waals surface area (Å²) in [5.41, 5.74) is 0. The first-order valence-corrected chi connectivity index (χ1v) is 12.5. The molecule has 0 fully saturated rings. The van der Waals surface area contributed by atoms with Gasteiger partial charge in [0.2, 0.25) is 0 Å². The monoisotopic (exact) mass is 452 g/mol. The van der Waals surface area contributed by atoms with E-state index in [0.717, 1.165) is 25.7 Å². The van der Waals surface area contributed by atoms with Crippen LogP contribution in [0.15, 0.2) is 0 Å². The number of carboxylic acid groups (broad SMARTS) is 2. The van der Waals surface area contributed by atoms with Crippen molar-refractivity contribution in [2.75, 3.05) is 0 Å². The zero-order chi connectivity index (χ0) is 21.7. The second kappa shape index (κ2) is 24.2. The van der Waals surface area contributed by atoms with E-state index in [4.69, 9.17) is 0 Å². The molecule has 0 aromatic heterocycles. The van der Waals surface area contributed by atoms with Gasteiger partial charge in [-0.2, -0.15) is 0 Å². The van der Waals surface area contributed by atoms with Crippen LogP contribution in [0.1, 0.15) is 136 Å². The maximum atomic E-state index is 11.3. The summed E-state index contributed by atoms with van der Waals surface area (Å²) in [6.07, 6.45) is 22.4. The summed E-state index contributed by atoms with van der Waals surface area (Å²) >= 11 is 0. The molecule has 174 valence electrons. The van der Waals surface area contributed by atoms with Crippen LogP contribution in [0.4, 0.5) is 0 Å². The van der Waals surface area contributed by atoms with Crippen molar-refractivity contribution >= 4 is 63.3 Å². The molecule has 0 aliphatic carbocycles. The zero-order valence-corrected chi connectivity index (χ0v) is 19.3. The van der Waals surface area contributed by atoms with Crippen LogP contribution in [-0.2, 0) is 9.59 Å². The molecule has 0 aromatic carbocycles. The summed E-state index contributed by atoms with van der Waals surface area (Å²) in [6.45, 7) is 4.46. The van der Waals surface area contributed by atoms with Gasteiger partial charge in [-0.3, -0.25) is 9.59 Å². The van der Waals surface area contributed by atoms with Gasteiger partial charge in [0.25, 0.3) is 0 Å². The molecular formula is C25H49KO4. The van der Waals surface area contributed by atoms with Crippen molar-refractivity contribution in [3.8, 4) is 0 Å². The Morgan fingerprint density at radius 1 is 0.567 bits per heavy atom. The van der Waals surface area contributed by atoms with Gasteiger partial charge in [-0.25, -0.2) is 0 Å². The number of carboxylic acids is 2. The van der Waals surface area contributed by atoms with Crippen molar-refractivity contribution < 1.29 is 19.8 Å². The fourth-order valence-electron chi connectivity index (χ4n) is 4.15. The average molecular weight is 453 g/mol. The van der Waals surface area contributed by atoms with E-state index in [9.17, 15) is 19.8 Å². The Kier molecular flexibility index (Phi) is 26.4. The van der Waals surface area contributed by atoms with Gasteiger partial charge in [0, 0.05) is 0 Å². The predicted molar refractivity (Wildman–Crippen MR) is 128 cm³/mol. The molecule has 0 amide bonds. The normalized spacial score (nSPS) is 11.1. The van der Waals surface area contributed by atoms with E-state index in [-0.39, 0.29) is 63.7 Å². The van der Waals surface area contributed by atoms with Crippen LogP contribution in [0.2, 0.25) is 0 Å². The first kappa shape index (κ1) is 32.8. The summed E-state index contributed by atoms with van der Waals surface area (Å²) in [6, 6.07) is 0. The van der Waals surface area contributed by atoms with Crippen LogP contribution in [0.3, 0.4) is 0 Å². The van der Waals surface area contributed by atoms with Crippen LogP contribution in [0.25, 0.3) is 0 Å². The van der Waals surface area contributed by atoms with E-state index >= 15 is 0 Å². The average Bonchev–Trinajstić information content (AvgIpc) is 2.68. The Balaban J connectivity index is 0.